The van der Waals surface area contributed by atoms with Gasteiger partial charge >= 0.3 is 0 Å². The minimum atomic E-state index is 1.14. The molecular weight excluding hydrogens is 330 g/mol. The fourth-order valence-corrected chi connectivity index (χ4v) is 3.83. The number of hydrogen-bond donors (Lipinski definition) is 2. The van der Waals surface area contributed by atoms with E-state index in [0.717, 1.165) is 24.5 Å². The highest BCUT2D eigenvalue weighted by Gasteiger charge is 2.19. The molecule has 0 aromatic heterocycles. The molecule has 0 atom stereocenters. The first-order valence-electron chi connectivity index (χ1n) is 10.8. The van der Waals surface area contributed by atoms with Crippen molar-refractivity contribution in [1.82, 2.24) is 0 Å². The van der Waals surface area contributed by atoms with E-state index < -0.39 is 0 Å². The Morgan fingerprint density at radius 2 is 1.22 bits per heavy atom. The average molecular weight is 366 g/mol. The van der Waals surface area contributed by atoms with E-state index in [-0.39, 0.29) is 0 Å². The number of hydrogen-bond acceptors (Lipinski definition) is 3. The maximum atomic E-state index is 3.69. The zero-order valence-electron chi connectivity index (χ0n) is 17.1. The number of fused-ring (bicyclic) bond motifs is 2. The molecule has 146 valence electrons. The summed E-state index contributed by atoms with van der Waals surface area (Å²) in [4.78, 5) is 2.60. The first kappa shape index (κ1) is 19.6. The standard InChI is InChI=1S/C24H35N3/c1-3-5-7-11-18-27(19-12-8-6-4-2)23-17-13-16-22-24(23)26-21-15-10-9-14-20(21)25-22/h9-10,13-17,25-26H,3-8,11-12,18-19H2,1-2H3. The number of rotatable bonds is 11. The molecule has 0 saturated carbocycles. The molecule has 1 aliphatic heterocycles. The van der Waals surface area contributed by atoms with E-state index in [4.69, 9.17) is 0 Å². The van der Waals surface area contributed by atoms with Crippen LogP contribution in [0.15, 0.2) is 42.5 Å². The molecule has 0 spiro atoms. The fourth-order valence-electron chi connectivity index (χ4n) is 3.83. The quantitative estimate of drug-likeness (QED) is 0.345. The van der Waals surface area contributed by atoms with Crippen LogP contribution in [0.3, 0.4) is 0 Å². The zero-order valence-corrected chi connectivity index (χ0v) is 17.1. The van der Waals surface area contributed by atoms with Gasteiger partial charge < -0.3 is 15.5 Å². The highest BCUT2D eigenvalue weighted by Crippen LogP contribution is 2.43. The highest BCUT2D eigenvalue weighted by molar-refractivity contribution is 5.96. The van der Waals surface area contributed by atoms with Crippen LogP contribution in [0.4, 0.5) is 28.4 Å². The highest BCUT2D eigenvalue weighted by atomic mass is 15.2. The van der Waals surface area contributed by atoms with Crippen molar-refractivity contribution >= 4 is 28.4 Å². The molecule has 0 radical (unpaired) electrons. The summed E-state index contributed by atoms with van der Waals surface area (Å²) in [6.07, 6.45) is 10.5. The van der Waals surface area contributed by atoms with Gasteiger partial charge in [-0.3, -0.25) is 0 Å². The van der Waals surface area contributed by atoms with Crippen molar-refractivity contribution in [2.75, 3.05) is 28.6 Å². The predicted octanol–water partition coefficient (Wildman–Crippen LogP) is 7.45. The van der Waals surface area contributed by atoms with E-state index in [1.165, 1.54) is 68.4 Å². The Morgan fingerprint density at radius 3 is 1.85 bits per heavy atom. The third kappa shape index (κ3) is 5.18. The first-order chi connectivity index (χ1) is 13.3. The minimum absolute atomic E-state index is 1.14. The van der Waals surface area contributed by atoms with Crippen LogP contribution in [-0.2, 0) is 0 Å². The molecule has 1 aliphatic rings. The predicted molar refractivity (Wildman–Crippen MR) is 120 cm³/mol. The Labute approximate surface area is 165 Å². The normalized spacial score (nSPS) is 11.9. The Kier molecular flexibility index (Phi) is 7.44. The second-order valence-electron chi connectivity index (χ2n) is 7.60. The summed E-state index contributed by atoms with van der Waals surface area (Å²) in [5.74, 6) is 0. The number of nitrogens with one attached hydrogen (secondary N) is 2. The zero-order chi connectivity index (χ0) is 18.9. The summed E-state index contributed by atoms with van der Waals surface area (Å²) < 4.78 is 0. The number of unbranched alkanes of at least 4 members (excludes halogenated alkanes) is 6. The van der Waals surface area contributed by atoms with Gasteiger partial charge in [0.2, 0.25) is 0 Å². The number of para-hydroxylation sites is 3. The van der Waals surface area contributed by atoms with Gasteiger partial charge in [0.25, 0.3) is 0 Å². The lowest BCUT2D eigenvalue weighted by atomic mass is 10.1. The number of anilines is 5. The number of nitrogens with zero attached hydrogens (tertiary/aromatic N) is 1. The van der Waals surface area contributed by atoms with Crippen molar-refractivity contribution in [2.24, 2.45) is 0 Å². The van der Waals surface area contributed by atoms with Gasteiger partial charge in [0.15, 0.2) is 0 Å². The van der Waals surface area contributed by atoms with E-state index in [2.05, 4.69) is 71.8 Å². The lowest BCUT2D eigenvalue weighted by Crippen LogP contribution is -2.27. The van der Waals surface area contributed by atoms with Gasteiger partial charge in [-0.25, -0.2) is 0 Å². The molecule has 0 saturated heterocycles. The van der Waals surface area contributed by atoms with Crippen LogP contribution < -0.4 is 15.5 Å². The van der Waals surface area contributed by atoms with Crippen molar-refractivity contribution in [3.63, 3.8) is 0 Å². The third-order valence-corrected chi connectivity index (χ3v) is 5.40. The summed E-state index contributed by atoms with van der Waals surface area (Å²) >= 11 is 0. The molecule has 0 aliphatic carbocycles. The summed E-state index contributed by atoms with van der Waals surface area (Å²) in [6, 6.07) is 15.1. The fraction of sp³-hybridized carbons (Fsp3) is 0.500. The molecule has 27 heavy (non-hydrogen) atoms. The molecule has 3 rings (SSSR count). The molecule has 2 N–H and O–H groups in total. The lowest BCUT2D eigenvalue weighted by Gasteiger charge is -2.31. The van der Waals surface area contributed by atoms with Crippen LogP contribution in [0.25, 0.3) is 0 Å². The van der Waals surface area contributed by atoms with Crippen molar-refractivity contribution in [1.29, 1.82) is 0 Å². The molecule has 0 amide bonds. The smallest absolute Gasteiger partial charge is 0.0861 e. The van der Waals surface area contributed by atoms with Crippen molar-refractivity contribution < 1.29 is 0 Å². The maximum Gasteiger partial charge on any atom is 0.0861 e. The van der Waals surface area contributed by atoms with Crippen LogP contribution in [0.5, 0.6) is 0 Å². The van der Waals surface area contributed by atoms with Crippen molar-refractivity contribution in [3.05, 3.63) is 42.5 Å². The van der Waals surface area contributed by atoms with E-state index in [9.17, 15) is 0 Å². The Morgan fingerprint density at radius 1 is 0.630 bits per heavy atom. The van der Waals surface area contributed by atoms with Crippen molar-refractivity contribution in [3.8, 4) is 0 Å². The second-order valence-corrected chi connectivity index (χ2v) is 7.60. The van der Waals surface area contributed by atoms with E-state index in [0.29, 0.717) is 0 Å². The SMILES string of the molecule is CCCCCCN(CCCCCC)c1cccc2c1Nc1ccccc1N2. The molecule has 1 heterocycles. The summed E-state index contributed by atoms with van der Waals surface area (Å²) in [7, 11) is 0. The summed E-state index contributed by atoms with van der Waals surface area (Å²) in [6.45, 7) is 6.85. The van der Waals surface area contributed by atoms with Crippen LogP contribution in [0.1, 0.15) is 65.2 Å². The molecule has 3 heteroatoms. The third-order valence-electron chi connectivity index (χ3n) is 5.40. The Hall–Kier alpha value is -2.16. The maximum absolute atomic E-state index is 3.69. The molecule has 0 unspecified atom stereocenters. The van der Waals surface area contributed by atoms with Crippen LogP contribution in [0, 0.1) is 0 Å². The second kappa shape index (κ2) is 10.2. The van der Waals surface area contributed by atoms with Gasteiger partial charge in [-0.15, -0.1) is 0 Å². The van der Waals surface area contributed by atoms with Gasteiger partial charge in [-0.1, -0.05) is 70.6 Å². The monoisotopic (exact) mass is 365 g/mol. The molecule has 0 fully saturated rings. The summed E-state index contributed by atoms with van der Waals surface area (Å²) in [5.41, 5.74) is 6.05. The lowest BCUT2D eigenvalue weighted by molar-refractivity contribution is 0.609. The van der Waals surface area contributed by atoms with Crippen molar-refractivity contribution in [2.45, 2.75) is 65.2 Å². The van der Waals surface area contributed by atoms with Crippen LogP contribution in [0.2, 0.25) is 0 Å². The topological polar surface area (TPSA) is 27.3 Å². The van der Waals surface area contributed by atoms with Gasteiger partial charge in [-0.2, -0.15) is 0 Å². The minimum Gasteiger partial charge on any atom is -0.370 e. The molecular formula is C24H35N3. The number of benzene rings is 2. The van der Waals surface area contributed by atoms with Gasteiger partial charge in [0.05, 0.1) is 28.4 Å². The van der Waals surface area contributed by atoms with E-state index in [1.54, 1.807) is 0 Å². The average Bonchev–Trinajstić information content (AvgIpc) is 2.71. The molecule has 0 bridgehead atoms. The summed E-state index contributed by atoms with van der Waals surface area (Å²) in [5, 5.41) is 7.29. The Balaban J connectivity index is 1.77. The van der Waals surface area contributed by atoms with Gasteiger partial charge in [0, 0.05) is 13.1 Å². The van der Waals surface area contributed by atoms with Gasteiger partial charge in [-0.05, 0) is 37.1 Å². The van der Waals surface area contributed by atoms with Crippen LogP contribution >= 0.6 is 0 Å². The molecule has 2 aromatic carbocycles. The van der Waals surface area contributed by atoms with E-state index in [1.807, 2.05) is 0 Å². The molecule has 3 nitrogen and oxygen atoms in total. The first-order valence-corrected chi connectivity index (χ1v) is 10.8. The Bertz CT molecular complexity index is 699. The molecule has 2 aromatic rings. The van der Waals surface area contributed by atoms with E-state index >= 15 is 0 Å². The largest absolute Gasteiger partial charge is 0.370 e. The van der Waals surface area contributed by atoms with Crippen LogP contribution in [-0.4, -0.2) is 13.1 Å². The van der Waals surface area contributed by atoms with Gasteiger partial charge in [0.1, 0.15) is 0 Å².